The summed E-state index contributed by atoms with van der Waals surface area (Å²) in [6, 6.07) is 8.29. The van der Waals surface area contributed by atoms with Gasteiger partial charge in [-0.15, -0.1) is 0 Å². The normalized spacial score (nSPS) is 9.75. The van der Waals surface area contributed by atoms with Crippen LogP contribution in [0.2, 0.25) is 0 Å². The van der Waals surface area contributed by atoms with E-state index in [9.17, 15) is 8.78 Å². The van der Waals surface area contributed by atoms with Gasteiger partial charge in [0.25, 0.3) is 0 Å². The third-order valence-corrected chi connectivity index (χ3v) is 2.47. The maximum Gasteiger partial charge on any atom is 0.248 e. The Labute approximate surface area is 116 Å². The average molecular weight is 273 g/mol. The van der Waals surface area contributed by atoms with E-state index in [0.29, 0.717) is 12.2 Å². The van der Waals surface area contributed by atoms with E-state index in [2.05, 4.69) is 16.8 Å². The van der Waals surface area contributed by atoms with Gasteiger partial charge in [-0.2, -0.15) is 4.39 Å². The molecule has 1 aromatic carbocycles. The fraction of sp³-hybridized carbons (Fsp3) is 0.188. The summed E-state index contributed by atoms with van der Waals surface area (Å²) in [7, 11) is 0. The molecule has 20 heavy (non-hydrogen) atoms. The van der Waals surface area contributed by atoms with E-state index in [1.807, 2.05) is 31.2 Å². The lowest BCUT2D eigenvalue weighted by Crippen LogP contribution is -1.94. The molecule has 0 amide bonds. The van der Waals surface area contributed by atoms with Gasteiger partial charge in [-0.05, 0) is 36.8 Å². The smallest absolute Gasteiger partial charge is 0.248 e. The Morgan fingerprint density at radius 2 is 1.80 bits per heavy atom. The molecule has 0 saturated carbocycles. The van der Waals surface area contributed by atoms with E-state index < -0.39 is 11.8 Å². The lowest BCUT2D eigenvalue weighted by atomic mass is 10.2. The minimum Gasteiger partial charge on any atom is -0.494 e. The van der Waals surface area contributed by atoms with Gasteiger partial charge in [-0.25, -0.2) is 9.37 Å². The highest BCUT2D eigenvalue weighted by molar-refractivity contribution is 5.43. The number of benzene rings is 1. The van der Waals surface area contributed by atoms with Crippen molar-refractivity contribution in [2.75, 3.05) is 6.61 Å². The third-order valence-electron chi connectivity index (χ3n) is 2.47. The first-order valence-electron chi connectivity index (χ1n) is 6.25. The maximum absolute atomic E-state index is 13.0. The summed E-state index contributed by atoms with van der Waals surface area (Å²) in [5.41, 5.74) is 1.09. The first-order chi connectivity index (χ1) is 9.69. The first-order valence-corrected chi connectivity index (χ1v) is 6.25. The van der Waals surface area contributed by atoms with Crippen molar-refractivity contribution in [3.05, 3.63) is 59.4 Å². The van der Waals surface area contributed by atoms with Crippen LogP contribution < -0.4 is 4.74 Å². The fourth-order valence-electron chi connectivity index (χ4n) is 1.49. The van der Waals surface area contributed by atoms with E-state index in [0.717, 1.165) is 23.8 Å². The summed E-state index contributed by atoms with van der Waals surface area (Å²) in [5.74, 6) is 4.25. The third kappa shape index (κ3) is 3.79. The second kappa shape index (κ2) is 6.67. The molecule has 1 heterocycles. The Kier molecular flexibility index (Phi) is 4.67. The number of ether oxygens (including phenoxy) is 1. The van der Waals surface area contributed by atoms with Gasteiger partial charge in [0.1, 0.15) is 5.75 Å². The van der Waals surface area contributed by atoms with Gasteiger partial charge in [0, 0.05) is 17.3 Å². The Morgan fingerprint density at radius 1 is 1.10 bits per heavy atom. The molecule has 0 radical (unpaired) electrons. The number of rotatable bonds is 3. The lowest BCUT2D eigenvalue weighted by molar-refractivity contribution is 0.317. The SMILES string of the molecule is CCCOc1ccc(C#Cc2cnc(F)c(F)c2)cc1. The maximum atomic E-state index is 13.0. The molecule has 0 aliphatic carbocycles. The molecule has 2 aromatic rings. The Hall–Kier alpha value is -2.41. The summed E-state index contributed by atoms with van der Waals surface area (Å²) in [6.07, 6.45) is 2.15. The molecule has 102 valence electrons. The second-order valence-corrected chi connectivity index (χ2v) is 4.12. The molecular weight excluding hydrogens is 260 g/mol. The quantitative estimate of drug-likeness (QED) is 0.630. The largest absolute Gasteiger partial charge is 0.494 e. The van der Waals surface area contributed by atoms with Crippen LogP contribution in [0.25, 0.3) is 0 Å². The summed E-state index contributed by atoms with van der Waals surface area (Å²) in [5, 5.41) is 0. The molecule has 4 heteroatoms. The van der Waals surface area contributed by atoms with Gasteiger partial charge in [0.15, 0.2) is 5.82 Å². The highest BCUT2D eigenvalue weighted by atomic mass is 19.2. The van der Waals surface area contributed by atoms with Crippen molar-refractivity contribution < 1.29 is 13.5 Å². The monoisotopic (exact) mass is 273 g/mol. The van der Waals surface area contributed by atoms with Crippen molar-refractivity contribution in [1.82, 2.24) is 4.98 Å². The van der Waals surface area contributed by atoms with Crippen LogP contribution in [-0.2, 0) is 0 Å². The standard InChI is InChI=1S/C16H13F2NO/c1-2-9-20-14-7-5-12(6-8-14)3-4-13-10-15(17)16(18)19-11-13/h5-8,10-11H,2,9H2,1H3. The number of aromatic nitrogens is 1. The molecule has 0 aliphatic rings. The summed E-state index contributed by atoms with van der Waals surface area (Å²) in [4.78, 5) is 3.27. The highest BCUT2D eigenvalue weighted by Gasteiger charge is 2.01. The van der Waals surface area contributed by atoms with Gasteiger partial charge >= 0.3 is 0 Å². The molecule has 1 aromatic heterocycles. The molecule has 0 fully saturated rings. The van der Waals surface area contributed by atoms with Gasteiger partial charge in [0.05, 0.1) is 6.61 Å². The minimum absolute atomic E-state index is 0.329. The Balaban J connectivity index is 2.10. The van der Waals surface area contributed by atoms with Crippen LogP contribution in [0.3, 0.4) is 0 Å². The second-order valence-electron chi connectivity index (χ2n) is 4.12. The van der Waals surface area contributed by atoms with E-state index in [1.54, 1.807) is 0 Å². The Bertz CT molecular complexity index is 642. The summed E-state index contributed by atoms with van der Waals surface area (Å²) >= 11 is 0. The van der Waals surface area contributed by atoms with Gasteiger partial charge in [-0.3, -0.25) is 0 Å². The van der Waals surface area contributed by atoms with Crippen LogP contribution in [0.1, 0.15) is 24.5 Å². The number of halogens is 2. The van der Waals surface area contributed by atoms with E-state index in [-0.39, 0.29) is 0 Å². The van der Waals surface area contributed by atoms with Crippen LogP contribution in [0, 0.1) is 23.6 Å². The predicted octanol–water partition coefficient (Wildman–Crippen LogP) is 3.55. The molecule has 0 atom stereocenters. The van der Waals surface area contributed by atoms with E-state index in [1.165, 1.54) is 6.20 Å². The van der Waals surface area contributed by atoms with Crippen molar-refractivity contribution >= 4 is 0 Å². The fourth-order valence-corrected chi connectivity index (χ4v) is 1.49. The minimum atomic E-state index is -1.12. The van der Waals surface area contributed by atoms with Crippen LogP contribution in [0.5, 0.6) is 5.75 Å². The average Bonchev–Trinajstić information content (AvgIpc) is 2.47. The number of pyridine rings is 1. The van der Waals surface area contributed by atoms with Crippen LogP contribution in [-0.4, -0.2) is 11.6 Å². The zero-order valence-corrected chi connectivity index (χ0v) is 11.0. The number of nitrogens with zero attached hydrogens (tertiary/aromatic N) is 1. The van der Waals surface area contributed by atoms with Crippen molar-refractivity contribution in [2.24, 2.45) is 0 Å². The molecule has 0 saturated heterocycles. The molecular formula is C16H13F2NO. The molecule has 2 rings (SSSR count). The van der Waals surface area contributed by atoms with Crippen molar-refractivity contribution in [3.8, 4) is 17.6 Å². The van der Waals surface area contributed by atoms with Crippen molar-refractivity contribution in [3.63, 3.8) is 0 Å². The van der Waals surface area contributed by atoms with Crippen LogP contribution in [0.4, 0.5) is 8.78 Å². The van der Waals surface area contributed by atoms with Crippen LogP contribution in [0.15, 0.2) is 36.5 Å². The van der Waals surface area contributed by atoms with E-state index in [4.69, 9.17) is 4.74 Å². The summed E-state index contributed by atoms with van der Waals surface area (Å²) < 4.78 is 31.1. The van der Waals surface area contributed by atoms with Crippen LogP contribution >= 0.6 is 0 Å². The number of hydrogen-bond donors (Lipinski definition) is 0. The van der Waals surface area contributed by atoms with Gasteiger partial charge < -0.3 is 4.74 Å². The molecule has 0 N–H and O–H groups in total. The van der Waals surface area contributed by atoms with Crippen molar-refractivity contribution in [1.29, 1.82) is 0 Å². The van der Waals surface area contributed by atoms with E-state index >= 15 is 0 Å². The van der Waals surface area contributed by atoms with Crippen molar-refractivity contribution in [2.45, 2.75) is 13.3 Å². The summed E-state index contributed by atoms with van der Waals surface area (Å²) in [6.45, 7) is 2.71. The lowest BCUT2D eigenvalue weighted by Gasteiger charge is -2.03. The molecule has 0 spiro atoms. The highest BCUT2D eigenvalue weighted by Crippen LogP contribution is 2.12. The molecule has 2 nitrogen and oxygen atoms in total. The molecule has 0 unspecified atom stereocenters. The Morgan fingerprint density at radius 3 is 2.45 bits per heavy atom. The molecule has 0 bridgehead atoms. The zero-order valence-electron chi connectivity index (χ0n) is 11.0. The topological polar surface area (TPSA) is 22.1 Å². The molecule has 0 aliphatic heterocycles. The van der Waals surface area contributed by atoms with Gasteiger partial charge in [0.2, 0.25) is 5.95 Å². The predicted molar refractivity (Wildman–Crippen MR) is 72.4 cm³/mol. The van der Waals surface area contributed by atoms with Gasteiger partial charge in [-0.1, -0.05) is 18.8 Å². The first kappa shape index (κ1) is 14.0. The zero-order chi connectivity index (χ0) is 14.4. The number of hydrogen-bond acceptors (Lipinski definition) is 2.